The molecule has 0 amide bonds. The summed E-state index contributed by atoms with van der Waals surface area (Å²) in [4.78, 5) is 12.8. The molecule has 1 heterocycles. The summed E-state index contributed by atoms with van der Waals surface area (Å²) in [7, 11) is 0. The van der Waals surface area contributed by atoms with Crippen LogP contribution in [-0.2, 0) is 0 Å². The molecule has 0 aliphatic carbocycles. The van der Waals surface area contributed by atoms with Crippen LogP contribution < -0.4 is 0 Å². The minimum absolute atomic E-state index is 0.0116. The molecule has 25 heavy (non-hydrogen) atoms. The molecule has 4 rings (SSSR count). The molecular formula is C22H18N2O. The third-order valence-corrected chi connectivity index (χ3v) is 4.64. The molecule has 1 aliphatic heterocycles. The van der Waals surface area contributed by atoms with Gasteiger partial charge in [0, 0.05) is 11.5 Å². The first kappa shape index (κ1) is 15.5. The molecule has 1 aliphatic rings. The summed E-state index contributed by atoms with van der Waals surface area (Å²) in [6.45, 7) is 0.563. The van der Waals surface area contributed by atoms with Crippen molar-refractivity contribution in [3.63, 3.8) is 0 Å². The van der Waals surface area contributed by atoms with Gasteiger partial charge in [-0.15, -0.1) is 0 Å². The molecule has 0 saturated carbocycles. The second-order valence-corrected chi connectivity index (χ2v) is 6.21. The summed E-state index contributed by atoms with van der Waals surface area (Å²) in [6, 6.07) is 27.6. The second-order valence-electron chi connectivity index (χ2n) is 6.21. The smallest absolute Gasteiger partial charge is 0.189 e. The van der Waals surface area contributed by atoms with Crippen molar-refractivity contribution in [3.8, 4) is 11.1 Å². The Bertz CT molecular complexity index is 886. The van der Waals surface area contributed by atoms with Crippen molar-refractivity contribution >= 4 is 5.78 Å². The van der Waals surface area contributed by atoms with Crippen molar-refractivity contribution in [2.75, 3.05) is 6.54 Å². The normalized spacial score (nSPS) is 19.0. The molecule has 122 valence electrons. The van der Waals surface area contributed by atoms with Gasteiger partial charge in [0.1, 0.15) is 6.04 Å². The van der Waals surface area contributed by atoms with Gasteiger partial charge in [-0.3, -0.25) is 4.79 Å². The van der Waals surface area contributed by atoms with Gasteiger partial charge in [-0.25, -0.2) is 0 Å². The number of ketones is 1. The molecule has 0 fully saturated rings. The Labute approximate surface area is 147 Å². The highest BCUT2D eigenvalue weighted by Gasteiger charge is 2.33. The first-order valence-corrected chi connectivity index (χ1v) is 8.44. The zero-order valence-electron chi connectivity index (χ0n) is 13.7. The van der Waals surface area contributed by atoms with Crippen LogP contribution in [0.25, 0.3) is 11.1 Å². The number of nitrogens with zero attached hydrogens (tertiary/aromatic N) is 2. The Morgan fingerprint density at radius 1 is 0.760 bits per heavy atom. The molecule has 0 N–H and O–H groups in total. The lowest BCUT2D eigenvalue weighted by Gasteiger charge is -2.16. The van der Waals surface area contributed by atoms with E-state index in [0.717, 1.165) is 5.56 Å². The zero-order chi connectivity index (χ0) is 17.1. The van der Waals surface area contributed by atoms with Gasteiger partial charge in [0.05, 0.1) is 6.54 Å². The number of Topliss-reactive ketones (excluding diaryl/α,β-unsaturated/α-hetero) is 1. The van der Waals surface area contributed by atoms with Gasteiger partial charge in [0.15, 0.2) is 5.78 Å². The molecule has 0 saturated heterocycles. The largest absolute Gasteiger partial charge is 0.292 e. The highest BCUT2D eigenvalue weighted by atomic mass is 16.1. The Balaban J connectivity index is 1.58. The van der Waals surface area contributed by atoms with Gasteiger partial charge in [0.25, 0.3) is 0 Å². The molecule has 3 heteroatoms. The maximum absolute atomic E-state index is 12.8. The maximum Gasteiger partial charge on any atom is 0.189 e. The van der Waals surface area contributed by atoms with Crippen LogP contribution in [0.1, 0.15) is 21.8 Å². The monoisotopic (exact) mass is 326 g/mol. The predicted molar refractivity (Wildman–Crippen MR) is 98.9 cm³/mol. The van der Waals surface area contributed by atoms with Crippen LogP contribution in [0.4, 0.5) is 0 Å². The molecule has 3 aromatic carbocycles. The van der Waals surface area contributed by atoms with E-state index in [2.05, 4.69) is 46.6 Å². The summed E-state index contributed by atoms with van der Waals surface area (Å²) < 4.78 is 0. The Morgan fingerprint density at radius 3 is 2.04 bits per heavy atom. The van der Waals surface area contributed by atoms with Crippen molar-refractivity contribution in [2.45, 2.75) is 12.0 Å². The third-order valence-electron chi connectivity index (χ3n) is 4.64. The van der Waals surface area contributed by atoms with Gasteiger partial charge < -0.3 is 0 Å². The van der Waals surface area contributed by atoms with Gasteiger partial charge >= 0.3 is 0 Å². The zero-order valence-corrected chi connectivity index (χ0v) is 13.7. The average molecular weight is 326 g/mol. The van der Waals surface area contributed by atoms with E-state index in [1.807, 2.05) is 48.5 Å². The Morgan fingerprint density at radius 2 is 1.36 bits per heavy atom. The topological polar surface area (TPSA) is 41.8 Å². The fourth-order valence-corrected chi connectivity index (χ4v) is 3.25. The van der Waals surface area contributed by atoms with Crippen LogP contribution in [0.15, 0.2) is 95.2 Å². The molecular weight excluding hydrogens is 308 g/mol. The molecule has 3 aromatic rings. The van der Waals surface area contributed by atoms with Crippen molar-refractivity contribution in [2.24, 2.45) is 10.2 Å². The van der Waals surface area contributed by atoms with Crippen molar-refractivity contribution in [1.29, 1.82) is 0 Å². The van der Waals surface area contributed by atoms with Gasteiger partial charge in [0.2, 0.25) is 0 Å². The molecule has 2 atom stereocenters. The van der Waals surface area contributed by atoms with Gasteiger partial charge in [-0.1, -0.05) is 84.9 Å². The van der Waals surface area contributed by atoms with E-state index in [4.69, 9.17) is 0 Å². The van der Waals surface area contributed by atoms with Crippen LogP contribution in [0.5, 0.6) is 0 Å². The van der Waals surface area contributed by atoms with E-state index >= 15 is 0 Å². The molecule has 0 bridgehead atoms. The van der Waals surface area contributed by atoms with Gasteiger partial charge in [-0.2, -0.15) is 10.2 Å². The third kappa shape index (κ3) is 3.13. The molecule has 0 aromatic heterocycles. The van der Waals surface area contributed by atoms with E-state index in [-0.39, 0.29) is 11.7 Å². The lowest BCUT2D eigenvalue weighted by atomic mass is 9.87. The molecule has 3 nitrogen and oxygen atoms in total. The van der Waals surface area contributed by atoms with E-state index in [9.17, 15) is 4.79 Å². The van der Waals surface area contributed by atoms with Crippen molar-refractivity contribution in [1.82, 2.24) is 0 Å². The number of carbonyl (C=O) groups is 1. The van der Waals surface area contributed by atoms with Crippen LogP contribution in [0, 0.1) is 0 Å². The first-order chi connectivity index (χ1) is 12.3. The summed E-state index contributed by atoms with van der Waals surface area (Å²) >= 11 is 0. The van der Waals surface area contributed by atoms with Crippen molar-refractivity contribution < 1.29 is 4.79 Å². The molecule has 0 spiro atoms. The first-order valence-electron chi connectivity index (χ1n) is 8.44. The number of hydrogen-bond acceptors (Lipinski definition) is 3. The molecule has 0 unspecified atom stereocenters. The number of carbonyl (C=O) groups excluding carboxylic acids is 1. The Hall–Kier alpha value is -3.07. The lowest BCUT2D eigenvalue weighted by molar-refractivity contribution is 0.0956. The van der Waals surface area contributed by atoms with Crippen LogP contribution in [0.2, 0.25) is 0 Å². The predicted octanol–water partition coefficient (Wildman–Crippen LogP) is 5.15. The van der Waals surface area contributed by atoms with Crippen LogP contribution in [0.3, 0.4) is 0 Å². The highest BCUT2D eigenvalue weighted by molar-refractivity contribution is 6.01. The van der Waals surface area contributed by atoms with E-state index in [1.165, 1.54) is 11.1 Å². The number of hydrogen-bond donors (Lipinski definition) is 0. The minimum Gasteiger partial charge on any atom is -0.292 e. The SMILES string of the molecule is O=C(c1ccccc1)[C@H]1N=NC[C@@H]1c1ccc(-c2ccccc2)cc1. The summed E-state index contributed by atoms with van der Waals surface area (Å²) in [5, 5.41) is 8.38. The number of azo groups is 1. The quantitative estimate of drug-likeness (QED) is 0.611. The fourth-order valence-electron chi connectivity index (χ4n) is 3.25. The second kappa shape index (κ2) is 6.81. The summed E-state index contributed by atoms with van der Waals surface area (Å²) in [6.07, 6.45) is 0. The maximum atomic E-state index is 12.8. The molecule has 0 radical (unpaired) electrons. The van der Waals surface area contributed by atoms with Crippen molar-refractivity contribution in [3.05, 3.63) is 96.1 Å². The summed E-state index contributed by atoms with van der Waals surface area (Å²) in [5.74, 6) is 0.0523. The fraction of sp³-hybridized carbons (Fsp3) is 0.136. The lowest BCUT2D eigenvalue weighted by Crippen LogP contribution is -2.24. The van der Waals surface area contributed by atoms with Crippen LogP contribution in [-0.4, -0.2) is 18.4 Å². The van der Waals surface area contributed by atoms with Crippen LogP contribution >= 0.6 is 0 Å². The highest BCUT2D eigenvalue weighted by Crippen LogP contribution is 2.31. The van der Waals surface area contributed by atoms with E-state index < -0.39 is 6.04 Å². The Kier molecular flexibility index (Phi) is 4.21. The van der Waals surface area contributed by atoms with Gasteiger partial charge in [-0.05, 0) is 16.7 Å². The standard InChI is InChI=1S/C22H18N2O/c25-22(19-9-5-2-6-10-19)21-20(15-23-24-21)18-13-11-17(12-14-18)16-7-3-1-4-8-16/h1-14,20-21H,15H2/t20-,21+/m1/s1. The average Bonchev–Trinajstić information content (AvgIpc) is 3.19. The van der Waals surface area contributed by atoms with E-state index in [0.29, 0.717) is 12.1 Å². The number of rotatable bonds is 4. The summed E-state index contributed by atoms with van der Waals surface area (Å²) in [5.41, 5.74) is 4.16. The minimum atomic E-state index is -0.426. The number of benzene rings is 3. The van der Waals surface area contributed by atoms with E-state index in [1.54, 1.807) is 0 Å².